The maximum Gasteiger partial charge on any atom is 0.239 e. The predicted octanol–water partition coefficient (Wildman–Crippen LogP) is 0.139. The Morgan fingerprint density at radius 3 is 2.48 bits per heavy atom. The predicted molar refractivity (Wildman–Crippen MR) is 84.1 cm³/mol. The Balaban J connectivity index is 1.92. The molecule has 1 aliphatic rings. The Morgan fingerprint density at radius 1 is 1.33 bits per heavy atom. The van der Waals surface area contributed by atoms with E-state index in [1.54, 1.807) is 19.0 Å². The van der Waals surface area contributed by atoms with E-state index in [4.69, 9.17) is 5.73 Å². The van der Waals surface area contributed by atoms with Gasteiger partial charge in [0, 0.05) is 53.0 Å². The lowest BCUT2D eigenvalue weighted by atomic mass is 10.2. The van der Waals surface area contributed by atoms with Crippen LogP contribution in [-0.2, 0) is 11.3 Å². The van der Waals surface area contributed by atoms with Crippen LogP contribution in [-0.4, -0.2) is 67.0 Å². The zero-order chi connectivity index (χ0) is 15.4. The summed E-state index contributed by atoms with van der Waals surface area (Å²) in [7, 11) is 3.61. The van der Waals surface area contributed by atoms with Crippen molar-refractivity contribution < 1.29 is 4.79 Å². The van der Waals surface area contributed by atoms with Crippen LogP contribution in [0.5, 0.6) is 0 Å². The van der Waals surface area contributed by atoms with Crippen LogP contribution in [0, 0.1) is 0 Å². The van der Waals surface area contributed by atoms with Gasteiger partial charge in [-0.25, -0.2) is 4.98 Å². The fourth-order valence-electron chi connectivity index (χ4n) is 2.59. The van der Waals surface area contributed by atoms with Crippen molar-refractivity contribution in [3.05, 3.63) is 23.9 Å². The Kier molecular flexibility index (Phi) is 5.14. The van der Waals surface area contributed by atoms with Crippen LogP contribution >= 0.6 is 0 Å². The average molecular weight is 291 g/mol. The molecule has 1 atom stereocenters. The fraction of sp³-hybridized carbons (Fsp3) is 0.600. The van der Waals surface area contributed by atoms with Gasteiger partial charge in [0.1, 0.15) is 5.82 Å². The Morgan fingerprint density at radius 2 is 2.00 bits per heavy atom. The summed E-state index contributed by atoms with van der Waals surface area (Å²) in [6.07, 6.45) is 1.83. The molecule has 1 aromatic rings. The number of amides is 1. The smallest absolute Gasteiger partial charge is 0.239 e. The molecule has 0 bridgehead atoms. The zero-order valence-electron chi connectivity index (χ0n) is 13.1. The lowest BCUT2D eigenvalue weighted by Crippen LogP contribution is -2.53. The van der Waals surface area contributed by atoms with Crippen LogP contribution in [0.4, 0.5) is 5.82 Å². The van der Waals surface area contributed by atoms with Crippen LogP contribution in [0.2, 0.25) is 0 Å². The number of anilines is 1. The molecule has 1 saturated heterocycles. The molecule has 1 amide bonds. The lowest BCUT2D eigenvalue weighted by Gasteiger charge is -2.38. The summed E-state index contributed by atoms with van der Waals surface area (Å²) >= 11 is 0. The van der Waals surface area contributed by atoms with Crippen LogP contribution < -0.4 is 10.6 Å². The molecule has 116 valence electrons. The quantitative estimate of drug-likeness (QED) is 0.855. The number of piperazine rings is 1. The number of pyridine rings is 1. The Hall–Kier alpha value is -1.66. The van der Waals surface area contributed by atoms with Crippen molar-refractivity contribution >= 4 is 11.7 Å². The number of hydrogen-bond acceptors (Lipinski definition) is 5. The van der Waals surface area contributed by atoms with E-state index in [1.165, 1.54) is 0 Å². The van der Waals surface area contributed by atoms with Gasteiger partial charge >= 0.3 is 0 Å². The van der Waals surface area contributed by atoms with Gasteiger partial charge in [0.15, 0.2) is 0 Å². The molecule has 1 aromatic heterocycles. The van der Waals surface area contributed by atoms with Crippen LogP contribution in [0.1, 0.15) is 12.5 Å². The number of aromatic nitrogens is 1. The minimum atomic E-state index is -0.0604. The highest BCUT2D eigenvalue weighted by molar-refractivity contribution is 5.81. The van der Waals surface area contributed by atoms with Crippen molar-refractivity contribution in [3.63, 3.8) is 0 Å². The second-order valence-corrected chi connectivity index (χ2v) is 5.66. The first-order valence-corrected chi connectivity index (χ1v) is 7.38. The molecular weight excluding hydrogens is 266 g/mol. The van der Waals surface area contributed by atoms with E-state index < -0.39 is 0 Å². The molecule has 1 fully saturated rings. The summed E-state index contributed by atoms with van der Waals surface area (Å²) in [6, 6.07) is 3.98. The van der Waals surface area contributed by atoms with Gasteiger partial charge in [-0.15, -0.1) is 0 Å². The number of nitrogens with zero attached hydrogens (tertiary/aromatic N) is 4. The Labute approximate surface area is 126 Å². The van der Waals surface area contributed by atoms with Crippen molar-refractivity contribution in [2.24, 2.45) is 5.73 Å². The molecule has 0 saturated carbocycles. The Bertz CT molecular complexity index is 465. The molecule has 2 N–H and O–H groups in total. The first kappa shape index (κ1) is 15.7. The SMILES string of the molecule is CC(C(=O)N(C)C)N1CCN(c2ccc(CN)cn2)CC1. The standard InChI is InChI=1S/C15H25N5O/c1-12(15(21)18(2)3)19-6-8-20(9-7-19)14-5-4-13(10-16)11-17-14/h4-5,11-12H,6-10,16H2,1-3H3. The third-order valence-electron chi connectivity index (χ3n) is 4.03. The van der Waals surface area contributed by atoms with E-state index in [0.29, 0.717) is 6.54 Å². The minimum Gasteiger partial charge on any atom is -0.354 e. The summed E-state index contributed by atoms with van der Waals surface area (Å²) < 4.78 is 0. The molecular formula is C15H25N5O. The second-order valence-electron chi connectivity index (χ2n) is 5.66. The number of nitrogens with two attached hydrogens (primary N) is 1. The molecule has 0 radical (unpaired) electrons. The van der Waals surface area contributed by atoms with Crippen molar-refractivity contribution in [3.8, 4) is 0 Å². The summed E-state index contributed by atoms with van der Waals surface area (Å²) in [5.74, 6) is 1.15. The van der Waals surface area contributed by atoms with Gasteiger partial charge in [0.05, 0.1) is 6.04 Å². The number of hydrogen-bond donors (Lipinski definition) is 1. The van der Waals surface area contributed by atoms with E-state index in [0.717, 1.165) is 37.6 Å². The molecule has 0 spiro atoms. The van der Waals surface area contributed by atoms with Gasteiger partial charge in [-0.05, 0) is 18.6 Å². The lowest BCUT2D eigenvalue weighted by molar-refractivity contribution is -0.133. The molecule has 6 nitrogen and oxygen atoms in total. The van der Waals surface area contributed by atoms with E-state index in [1.807, 2.05) is 25.3 Å². The average Bonchev–Trinajstić information content (AvgIpc) is 2.53. The molecule has 21 heavy (non-hydrogen) atoms. The van der Waals surface area contributed by atoms with Crippen molar-refractivity contribution in [1.82, 2.24) is 14.8 Å². The number of likely N-dealkylation sites (N-methyl/N-ethyl adjacent to an activating group) is 1. The van der Waals surface area contributed by atoms with Gasteiger partial charge < -0.3 is 15.5 Å². The van der Waals surface area contributed by atoms with Gasteiger partial charge in [0.25, 0.3) is 0 Å². The fourth-order valence-corrected chi connectivity index (χ4v) is 2.59. The minimum absolute atomic E-state index is 0.0604. The van der Waals surface area contributed by atoms with Gasteiger partial charge in [0.2, 0.25) is 5.91 Å². The summed E-state index contributed by atoms with van der Waals surface area (Å²) in [5.41, 5.74) is 6.63. The number of carbonyl (C=O) groups is 1. The van der Waals surface area contributed by atoms with Gasteiger partial charge in [-0.3, -0.25) is 9.69 Å². The largest absolute Gasteiger partial charge is 0.354 e. The first-order chi connectivity index (χ1) is 10.0. The monoisotopic (exact) mass is 291 g/mol. The number of carbonyl (C=O) groups excluding carboxylic acids is 1. The van der Waals surface area contributed by atoms with Crippen LogP contribution in [0.15, 0.2) is 18.3 Å². The highest BCUT2D eigenvalue weighted by Gasteiger charge is 2.26. The van der Waals surface area contributed by atoms with Crippen LogP contribution in [0.25, 0.3) is 0 Å². The molecule has 2 heterocycles. The highest BCUT2D eigenvalue weighted by atomic mass is 16.2. The topological polar surface area (TPSA) is 65.7 Å². The van der Waals surface area contributed by atoms with Crippen molar-refractivity contribution in [2.45, 2.75) is 19.5 Å². The molecule has 2 rings (SSSR count). The molecule has 1 unspecified atom stereocenters. The van der Waals surface area contributed by atoms with Gasteiger partial charge in [-0.1, -0.05) is 6.07 Å². The van der Waals surface area contributed by atoms with Crippen molar-refractivity contribution in [2.75, 3.05) is 45.2 Å². The summed E-state index contributed by atoms with van der Waals surface area (Å²) in [4.78, 5) is 22.6. The van der Waals surface area contributed by atoms with Gasteiger partial charge in [-0.2, -0.15) is 0 Å². The molecule has 6 heteroatoms. The third kappa shape index (κ3) is 3.71. The van der Waals surface area contributed by atoms with Crippen molar-refractivity contribution in [1.29, 1.82) is 0 Å². The van der Waals surface area contributed by atoms with E-state index in [2.05, 4.69) is 14.8 Å². The van der Waals surface area contributed by atoms with E-state index in [-0.39, 0.29) is 11.9 Å². The van der Waals surface area contributed by atoms with E-state index >= 15 is 0 Å². The maximum atomic E-state index is 12.0. The second kappa shape index (κ2) is 6.87. The summed E-state index contributed by atoms with van der Waals surface area (Å²) in [6.45, 7) is 6.03. The third-order valence-corrected chi connectivity index (χ3v) is 4.03. The molecule has 0 aliphatic carbocycles. The summed E-state index contributed by atoms with van der Waals surface area (Å²) in [5, 5.41) is 0. The van der Waals surface area contributed by atoms with Crippen LogP contribution in [0.3, 0.4) is 0 Å². The normalized spacial score (nSPS) is 17.6. The maximum absolute atomic E-state index is 12.0. The van der Waals surface area contributed by atoms with E-state index in [9.17, 15) is 4.79 Å². The first-order valence-electron chi connectivity index (χ1n) is 7.38. The zero-order valence-corrected chi connectivity index (χ0v) is 13.1. The molecule has 0 aromatic carbocycles. The number of rotatable bonds is 4. The molecule has 1 aliphatic heterocycles. The highest BCUT2D eigenvalue weighted by Crippen LogP contribution is 2.15.